The number of nitrogens with zero attached hydrogens (tertiary/aromatic N) is 1. The van der Waals surface area contributed by atoms with Crippen molar-refractivity contribution in [1.82, 2.24) is 4.90 Å². The number of carbonyl (C=O) groups is 2. The third kappa shape index (κ3) is 3.76. The molecule has 0 heterocycles. The molecule has 0 atom stereocenters. The van der Waals surface area contributed by atoms with Gasteiger partial charge in [-0.1, -0.05) is 30.3 Å². The maximum atomic E-state index is 13.0. The molecule has 0 aromatic heterocycles. The van der Waals surface area contributed by atoms with Gasteiger partial charge in [-0.3, -0.25) is 9.59 Å². The predicted molar refractivity (Wildman–Crippen MR) is 104 cm³/mol. The molecule has 4 aliphatic carbocycles. The number of ether oxygens (including phenoxy) is 1. The highest BCUT2D eigenvalue weighted by Crippen LogP contribution is 2.60. The number of hydrogen-bond donors (Lipinski definition) is 0. The fourth-order valence-corrected chi connectivity index (χ4v) is 6.06. The fourth-order valence-electron chi connectivity index (χ4n) is 6.06. The van der Waals surface area contributed by atoms with E-state index in [1.807, 2.05) is 44.2 Å². The first-order chi connectivity index (χ1) is 12.9. The van der Waals surface area contributed by atoms with Crippen LogP contribution in [-0.4, -0.2) is 29.4 Å². The number of rotatable bonds is 6. The summed E-state index contributed by atoms with van der Waals surface area (Å²) in [6.45, 7) is 4.42. The van der Waals surface area contributed by atoms with Gasteiger partial charge in [0, 0.05) is 12.6 Å². The van der Waals surface area contributed by atoms with Gasteiger partial charge in [0.25, 0.3) is 5.91 Å². The van der Waals surface area contributed by atoms with Gasteiger partial charge in [0.2, 0.25) is 0 Å². The van der Waals surface area contributed by atoms with Crippen LogP contribution in [0.15, 0.2) is 30.3 Å². The van der Waals surface area contributed by atoms with Crippen LogP contribution in [0.1, 0.15) is 57.9 Å². The van der Waals surface area contributed by atoms with E-state index in [2.05, 4.69) is 0 Å². The van der Waals surface area contributed by atoms with Crippen molar-refractivity contribution < 1.29 is 14.3 Å². The van der Waals surface area contributed by atoms with Gasteiger partial charge in [-0.15, -0.1) is 0 Å². The fraction of sp³-hybridized carbons (Fsp3) is 0.652. The van der Waals surface area contributed by atoms with E-state index in [4.69, 9.17) is 4.74 Å². The Hall–Kier alpha value is -1.84. The quantitative estimate of drug-likeness (QED) is 0.707. The van der Waals surface area contributed by atoms with Gasteiger partial charge >= 0.3 is 5.97 Å². The van der Waals surface area contributed by atoms with Crippen LogP contribution in [0.3, 0.4) is 0 Å². The average Bonchev–Trinajstić information content (AvgIpc) is 2.63. The Kier molecular flexibility index (Phi) is 5.00. The molecule has 5 rings (SSSR count). The lowest BCUT2D eigenvalue weighted by molar-refractivity contribution is -0.174. The highest BCUT2D eigenvalue weighted by molar-refractivity contribution is 5.83. The monoisotopic (exact) mass is 369 g/mol. The van der Waals surface area contributed by atoms with E-state index >= 15 is 0 Å². The van der Waals surface area contributed by atoms with Crippen LogP contribution in [-0.2, 0) is 20.9 Å². The van der Waals surface area contributed by atoms with Crippen LogP contribution in [0, 0.1) is 23.2 Å². The summed E-state index contributed by atoms with van der Waals surface area (Å²) in [6, 6.07) is 10.0. The average molecular weight is 370 g/mol. The van der Waals surface area contributed by atoms with Gasteiger partial charge in [0.05, 0.1) is 5.41 Å². The Morgan fingerprint density at radius 2 is 1.59 bits per heavy atom. The molecular weight excluding hydrogens is 338 g/mol. The van der Waals surface area contributed by atoms with Crippen molar-refractivity contribution in [3.8, 4) is 0 Å². The van der Waals surface area contributed by atoms with Crippen LogP contribution in [0.25, 0.3) is 0 Å². The zero-order valence-electron chi connectivity index (χ0n) is 16.5. The van der Waals surface area contributed by atoms with Crippen molar-refractivity contribution in [2.75, 3.05) is 6.61 Å². The van der Waals surface area contributed by atoms with Gasteiger partial charge in [-0.05, 0) is 75.7 Å². The summed E-state index contributed by atoms with van der Waals surface area (Å²) in [4.78, 5) is 27.5. The molecule has 1 aromatic rings. The van der Waals surface area contributed by atoms with Crippen molar-refractivity contribution in [3.63, 3.8) is 0 Å². The smallest absolute Gasteiger partial charge is 0.312 e. The summed E-state index contributed by atoms with van der Waals surface area (Å²) >= 11 is 0. The number of hydrogen-bond acceptors (Lipinski definition) is 3. The zero-order valence-corrected chi connectivity index (χ0v) is 16.5. The molecule has 1 aromatic carbocycles. The third-order valence-corrected chi connectivity index (χ3v) is 6.94. The maximum Gasteiger partial charge on any atom is 0.312 e. The first-order valence-electron chi connectivity index (χ1n) is 10.5. The minimum absolute atomic E-state index is 0.0657. The van der Waals surface area contributed by atoms with E-state index in [9.17, 15) is 9.59 Å². The van der Waals surface area contributed by atoms with Crippen LogP contribution in [0.5, 0.6) is 0 Å². The SMILES string of the molecule is CC(C)N(Cc1ccccc1)C(=O)COC(=O)C12CC3CC(CC(C3)C1)C2. The number of esters is 1. The lowest BCUT2D eigenvalue weighted by Gasteiger charge is -2.55. The Bertz CT molecular complexity index is 662. The molecule has 4 saturated carbocycles. The van der Waals surface area contributed by atoms with E-state index in [0.717, 1.165) is 24.8 Å². The van der Waals surface area contributed by atoms with Crippen molar-refractivity contribution >= 4 is 11.9 Å². The molecular formula is C23H31NO3. The van der Waals surface area contributed by atoms with Crippen molar-refractivity contribution in [2.45, 2.75) is 65.0 Å². The molecule has 4 fully saturated rings. The van der Waals surface area contributed by atoms with Crippen LogP contribution in [0.4, 0.5) is 0 Å². The summed E-state index contributed by atoms with van der Waals surface area (Å²) in [5.74, 6) is 1.88. The Morgan fingerprint density at radius 1 is 1.04 bits per heavy atom. The molecule has 146 valence electrons. The predicted octanol–water partition coefficient (Wildman–Crippen LogP) is 4.18. The van der Waals surface area contributed by atoms with Crippen LogP contribution >= 0.6 is 0 Å². The van der Waals surface area contributed by atoms with E-state index in [0.29, 0.717) is 24.3 Å². The zero-order chi connectivity index (χ0) is 19.0. The molecule has 0 aliphatic heterocycles. The number of benzene rings is 1. The van der Waals surface area contributed by atoms with E-state index in [1.165, 1.54) is 19.3 Å². The minimum Gasteiger partial charge on any atom is -0.455 e. The van der Waals surface area contributed by atoms with Crippen LogP contribution in [0.2, 0.25) is 0 Å². The second-order valence-electron chi connectivity index (χ2n) is 9.38. The number of amides is 1. The third-order valence-electron chi connectivity index (χ3n) is 6.94. The second-order valence-corrected chi connectivity index (χ2v) is 9.38. The summed E-state index contributed by atoms with van der Waals surface area (Å²) in [5, 5.41) is 0. The largest absolute Gasteiger partial charge is 0.455 e. The van der Waals surface area contributed by atoms with Crippen molar-refractivity contribution in [1.29, 1.82) is 0 Å². The lowest BCUT2D eigenvalue weighted by atomic mass is 9.49. The normalized spacial score (nSPS) is 31.1. The molecule has 4 heteroatoms. The first kappa shape index (κ1) is 18.5. The maximum absolute atomic E-state index is 13.0. The molecule has 4 nitrogen and oxygen atoms in total. The summed E-state index contributed by atoms with van der Waals surface area (Å²) in [6.07, 6.45) is 6.81. The Labute approximate surface area is 162 Å². The lowest BCUT2D eigenvalue weighted by Crippen LogP contribution is -2.51. The summed E-state index contributed by atoms with van der Waals surface area (Å²) in [7, 11) is 0. The summed E-state index contributed by atoms with van der Waals surface area (Å²) in [5.41, 5.74) is 0.795. The molecule has 4 aliphatic rings. The highest BCUT2D eigenvalue weighted by Gasteiger charge is 2.55. The van der Waals surface area contributed by atoms with E-state index < -0.39 is 0 Å². The molecule has 1 amide bonds. The molecule has 0 spiro atoms. The van der Waals surface area contributed by atoms with Gasteiger partial charge in [0.1, 0.15) is 0 Å². The molecule has 0 radical (unpaired) electrons. The van der Waals surface area contributed by atoms with Gasteiger partial charge in [-0.25, -0.2) is 0 Å². The highest BCUT2D eigenvalue weighted by atomic mass is 16.5. The number of carbonyl (C=O) groups excluding carboxylic acids is 2. The topological polar surface area (TPSA) is 46.6 Å². The Balaban J connectivity index is 1.37. The Morgan fingerprint density at radius 3 is 2.11 bits per heavy atom. The minimum atomic E-state index is -0.295. The van der Waals surface area contributed by atoms with Crippen molar-refractivity contribution in [2.24, 2.45) is 23.2 Å². The van der Waals surface area contributed by atoms with Crippen LogP contribution < -0.4 is 0 Å². The molecule has 4 bridgehead atoms. The van der Waals surface area contributed by atoms with Gasteiger partial charge in [0.15, 0.2) is 6.61 Å². The molecule has 0 N–H and O–H groups in total. The van der Waals surface area contributed by atoms with Gasteiger partial charge in [-0.2, -0.15) is 0 Å². The second kappa shape index (κ2) is 7.29. The van der Waals surface area contributed by atoms with E-state index in [-0.39, 0.29) is 29.9 Å². The molecule has 0 saturated heterocycles. The van der Waals surface area contributed by atoms with Gasteiger partial charge < -0.3 is 9.64 Å². The summed E-state index contributed by atoms with van der Waals surface area (Å²) < 4.78 is 5.63. The van der Waals surface area contributed by atoms with Crippen molar-refractivity contribution in [3.05, 3.63) is 35.9 Å². The van der Waals surface area contributed by atoms with E-state index in [1.54, 1.807) is 4.90 Å². The first-order valence-corrected chi connectivity index (χ1v) is 10.5. The molecule has 0 unspecified atom stereocenters. The standard InChI is InChI=1S/C23H31NO3/c1-16(2)24(14-17-6-4-3-5-7-17)21(25)15-27-22(26)23-11-18-8-19(12-23)10-20(9-18)13-23/h3-7,16,18-20H,8-15H2,1-2H3. The molecule has 27 heavy (non-hydrogen) atoms.